The summed E-state index contributed by atoms with van der Waals surface area (Å²) in [7, 11) is 5.17. The number of benzene rings is 2. The monoisotopic (exact) mass is 334 g/mol. The molecule has 1 aromatic heterocycles. The maximum Gasteiger partial charge on any atom is 0.328 e. The van der Waals surface area contributed by atoms with Crippen LogP contribution in [0.5, 0.6) is 5.75 Å². The van der Waals surface area contributed by atoms with E-state index in [0.29, 0.717) is 0 Å². The summed E-state index contributed by atoms with van der Waals surface area (Å²) in [4.78, 5) is 14.4. The van der Waals surface area contributed by atoms with Crippen molar-refractivity contribution in [2.24, 2.45) is 0 Å². The molecular weight excluding hydrogens is 312 g/mol. The Balaban J connectivity index is 2.20. The number of amides is 1. The van der Waals surface area contributed by atoms with Gasteiger partial charge in [0.05, 0.1) is 18.3 Å². The van der Waals surface area contributed by atoms with Gasteiger partial charge in [-0.2, -0.15) is 0 Å². The molecule has 0 aliphatic heterocycles. The molecule has 0 N–H and O–H groups in total. The predicted octanol–water partition coefficient (Wildman–Crippen LogP) is 4.74. The third-order valence-electron chi connectivity index (χ3n) is 4.17. The van der Waals surface area contributed by atoms with Crippen LogP contribution in [0, 0.1) is 0 Å². The summed E-state index contributed by atoms with van der Waals surface area (Å²) < 4.78 is 7.07. The zero-order valence-corrected chi connectivity index (χ0v) is 15.0. The fourth-order valence-corrected chi connectivity index (χ4v) is 2.89. The Hall–Kier alpha value is -3.01. The van der Waals surface area contributed by atoms with E-state index in [-0.39, 0.29) is 6.03 Å². The van der Waals surface area contributed by atoms with Gasteiger partial charge in [-0.1, -0.05) is 30.3 Å². The van der Waals surface area contributed by atoms with Gasteiger partial charge >= 0.3 is 6.03 Å². The molecule has 0 fully saturated rings. The molecule has 0 saturated carbocycles. The molecule has 0 spiro atoms. The van der Waals surface area contributed by atoms with Crippen LogP contribution in [0.2, 0.25) is 0 Å². The third kappa shape index (κ3) is 3.29. The SMILES string of the molecule is COc1ccc2c(c1)cc(/C(C)=C/c1ccccc1)n2C(=O)N(C)C. The zero-order chi connectivity index (χ0) is 18.0. The minimum absolute atomic E-state index is 0.0732. The number of hydrogen-bond donors (Lipinski definition) is 0. The first-order chi connectivity index (χ1) is 12.0. The summed E-state index contributed by atoms with van der Waals surface area (Å²) in [5.41, 5.74) is 3.88. The molecule has 1 heterocycles. The molecular formula is C21H22N2O2. The highest BCUT2D eigenvalue weighted by molar-refractivity contribution is 5.98. The lowest BCUT2D eigenvalue weighted by atomic mass is 10.1. The Bertz CT molecular complexity index is 937. The van der Waals surface area contributed by atoms with Crippen LogP contribution in [0.25, 0.3) is 22.6 Å². The first-order valence-corrected chi connectivity index (χ1v) is 8.16. The van der Waals surface area contributed by atoms with Crippen molar-refractivity contribution in [3.05, 3.63) is 65.9 Å². The second kappa shape index (κ2) is 6.85. The van der Waals surface area contributed by atoms with Crippen molar-refractivity contribution in [2.45, 2.75) is 6.92 Å². The number of allylic oxidation sites excluding steroid dienone is 1. The van der Waals surface area contributed by atoms with Crippen molar-refractivity contribution in [1.29, 1.82) is 0 Å². The molecule has 128 valence electrons. The lowest BCUT2D eigenvalue weighted by Crippen LogP contribution is -2.28. The van der Waals surface area contributed by atoms with Crippen LogP contribution >= 0.6 is 0 Å². The molecule has 25 heavy (non-hydrogen) atoms. The molecule has 0 aliphatic carbocycles. The van der Waals surface area contributed by atoms with Gasteiger partial charge in [0.25, 0.3) is 0 Å². The van der Waals surface area contributed by atoms with Crippen molar-refractivity contribution in [3.8, 4) is 5.75 Å². The number of nitrogens with zero attached hydrogens (tertiary/aromatic N) is 2. The normalized spacial score (nSPS) is 11.6. The van der Waals surface area contributed by atoms with Gasteiger partial charge in [-0.15, -0.1) is 0 Å². The molecule has 4 heteroatoms. The van der Waals surface area contributed by atoms with Gasteiger partial charge in [-0.25, -0.2) is 4.79 Å². The van der Waals surface area contributed by atoms with Crippen LogP contribution in [0.1, 0.15) is 18.2 Å². The van der Waals surface area contributed by atoms with Gasteiger partial charge in [0.15, 0.2) is 0 Å². The molecule has 0 aliphatic rings. The van der Waals surface area contributed by atoms with E-state index in [9.17, 15) is 4.79 Å². The van der Waals surface area contributed by atoms with Gasteiger partial charge in [0, 0.05) is 19.5 Å². The van der Waals surface area contributed by atoms with E-state index in [0.717, 1.165) is 33.5 Å². The number of hydrogen-bond acceptors (Lipinski definition) is 2. The van der Waals surface area contributed by atoms with Gasteiger partial charge in [0.1, 0.15) is 5.75 Å². The Morgan fingerprint density at radius 2 is 1.80 bits per heavy atom. The number of aromatic nitrogens is 1. The highest BCUT2D eigenvalue weighted by Crippen LogP contribution is 2.29. The summed E-state index contributed by atoms with van der Waals surface area (Å²) in [6.45, 7) is 2.03. The van der Waals surface area contributed by atoms with E-state index in [1.54, 1.807) is 30.7 Å². The van der Waals surface area contributed by atoms with Crippen molar-refractivity contribution < 1.29 is 9.53 Å². The van der Waals surface area contributed by atoms with E-state index in [1.807, 2.05) is 61.5 Å². The smallest absolute Gasteiger partial charge is 0.328 e. The molecule has 0 unspecified atom stereocenters. The summed E-state index contributed by atoms with van der Waals surface area (Å²) >= 11 is 0. The Morgan fingerprint density at radius 1 is 1.08 bits per heavy atom. The van der Waals surface area contributed by atoms with E-state index >= 15 is 0 Å². The fourth-order valence-electron chi connectivity index (χ4n) is 2.89. The Morgan fingerprint density at radius 3 is 2.44 bits per heavy atom. The van der Waals surface area contributed by atoms with E-state index in [1.165, 1.54) is 0 Å². The molecule has 3 rings (SSSR count). The lowest BCUT2D eigenvalue weighted by molar-refractivity contribution is 0.220. The quantitative estimate of drug-likeness (QED) is 0.693. The van der Waals surface area contributed by atoms with Gasteiger partial charge in [0.2, 0.25) is 0 Å². The molecule has 4 nitrogen and oxygen atoms in total. The van der Waals surface area contributed by atoms with Crippen LogP contribution in [0.15, 0.2) is 54.6 Å². The van der Waals surface area contributed by atoms with Crippen molar-refractivity contribution in [2.75, 3.05) is 21.2 Å². The maximum atomic E-state index is 12.8. The van der Waals surface area contributed by atoms with Crippen molar-refractivity contribution in [3.63, 3.8) is 0 Å². The third-order valence-corrected chi connectivity index (χ3v) is 4.17. The van der Waals surface area contributed by atoms with Crippen molar-refractivity contribution in [1.82, 2.24) is 9.47 Å². The second-order valence-electron chi connectivity index (χ2n) is 6.20. The summed E-state index contributed by atoms with van der Waals surface area (Å²) in [5, 5.41) is 0.977. The number of ether oxygens (including phenoxy) is 1. The minimum atomic E-state index is -0.0732. The van der Waals surface area contributed by atoms with Crippen LogP contribution in [-0.2, 0) is 0 Å². The average molecular weight is 334 g/mol. The number of carbonyl (C=O) groups is 1. The van der Waals surface area contributed by atoms with Crippen LogP contribution in [-0.4, -0.2) is 36.7 Å². The van der Waals surface area contributed by atoms with E-state index in [2.05, 4.69) is 6.08 Å². The fraction of sp³-hybridized carbons (Fsp3) is 0.190. The largest absolute Gasteiger partial charge is 0.497 e. The zero-order valence-electron chi connectivity index (χ0n) is 15.0. The molecule has 0 radical (unpaired) electrons. The topological polar surface area (TPSA) is 34.5 Å². The van der Waals surface area contributed by atoms with E-state index in [4.69, 9.17) is 4.74 Å². The molecule has 0 bridgehead atoms. The minimum Gasteiger partial charge on any atom is -0.497 e. The number of rotatable bonds is 3. The number of fused-ring (bicyclic) bond motifs is 1. The number of carbonyl (C=O) groups excluding carboxylic acids is 1. The first-order valence-electron chi connectivity index (χ1n) is 8.16. The molecule has 3 aromatic rings. The molecule has 0 saturated heterocycles. The average Bonchev–Trinajstić information content (AvgIpc) is 3.00. The summed E-state index contributed by atoms with van der Waals surface area (Å²) in [6, 6.07) is 17.8. The number of methoxy groups -OCH3 is 1. The van der Waals surface area contributed by atoms with Gasteiger partial charge < -0.3 is 9.64 Å². The summed E-state index contributed by atoms with van der Waals surface area (Å²) in [6.07, 6.45) is 2.09. The Labute approximate surface area is 147 Å². The predicted molar refractivity (Wildman–Crippen MR) is 103 cm³/mol. The van der Waals surface area contributed by atoms with Gasteiger partial charge in [-0.05, 0) is 48.4 Å². The van der Waals surface area contributed by atoms with Crippen LogP contribution in [0.3, 0.4) is 0 Å². The highest BCUT2D eigenvalue weighted by Gasteiger charge is 2.18. The van der Waals surface area contributed by atoms with Crippen molar-refractivity contribution >= 4 is 28.6 Å². The first kappa shape index (κ1) is 16.8. The van der Waals surface area contributed by atoms with Crippen LogP contribution < -0.4 is 4.74 Å². The van der Waals surface area contributed by atoms with E-state index < -0.39 is 0 Å². The lowest BCUT2D eigenvalue weighted by Gasteiger charge is -2.15. The maximum absolute atomic E-state index is 12.8. The molecule has 0 atom stereocenters. The molecule has 1 amide bonds. The highest BCUT2D eigenvalue weighted by atomic mass is 16.5. The summed E-state index contributed by atoms with van der Waals surface area (Å²) in [5.74, 6) is 0.776. The van der Waals surface area contributed by atoms with Gasteiger partial charge in [-0.3, -0.25) is 4.57 Å². The Kier molecular flexibility index (Phi) is 4.61. The van der Waals surface area contributed by atoms with Crippen LogP contribution in [0.4, 0.5) is 4.79 Å². The molecule has 2 aromatic carbocycles. The standard InChI is InChI=1S/C21H22N2O2/c1-15(12-16-8-6-5-7-9-16)20-14-17-13-18(25-4)10-11-19(17)23(20)21(24)22(2)3/h5-14H,1-4H3/b15-12+. The second-order valence-corrected chi connectivity index (χ2v) is 6.20.